The van der Waals surface area contributed by atoms with Crippen molar-refractivity contribution in [3.63, 3.8) is 0 Å². The molecule has 0 aliphatic rings. The van der Waals surface area contributed by atoms with E-state index in [9.17, 15) is 9.18 Å². The van der Waals surface area contributed by atoms with Crippen molar-refractivity contribution in [3.8, 4) is 5.75 Å². The molecule has 0 saturated heterocycles. The highest BCUT2D eigenvalue weighted by Crippen LogP contribution is 2.26. The van der Waals surface area contributed by atoms with Crippen LogP contribution in [0.4, 0.5) is 4.39 Å². The quantitative estimate of drug-likeness (QED) is 0.274. The molecule has 1 amide bonds. The summed E-state index contributed by atoms with van der Waals surface area (Å²) in [6.45, 7) is 2.69. The van der Waals surface area contributed by atoms with Gasteiger partial charge in [-0.1, -0.05) is 84.6 Å². The van der Waals surface area contributed by atoms with Crippen molar-refractivity contribution >= 4 is 17.7 Å². The molecule has 4 aromatic rings. The number of ether oxygens (including phenoxy) is 1. The highest BCUT2D eigenvalue weighted by molar-refractivity contribution is 7.99. The van der Waals surface area contributed by atoms with E-state index in [0.29, 0.717) is 13.1 Å². The number of hydrogen-bond acceptors (Lipinski definition) is 6. The van der Waals surface area contributed by atoms with Gasteiger partial charge in [0.15, 0.2) is 17.7 Å². The van der Waals surface area contributed by atoms with Gasteiger partial charge in [0.1, 0.15) is 0 Å². The normalized spacial score (nSPS) is 11.7. The Morgan fingerprint density at radius 3 is 2.15 bits per heavy atom. The number of thioether (sulfide) groups is 1. The molecular formula is C26H24FN3O3S. The molecule has 0 saturated carbocycles. The summed E-state index contributed by atoms with van der Waals surface area (Å²) in [6, 6.07) is 25.9. The molecule has 0 spiro atoms. The van der Waals surface area contributed by atoms with Crippen LogP contribution in [0.15, 0.2) is 94.6 Å². The van der Waals surface area contributed by atoms with Gasteiger partial charge in [-0.15, -0.1) is 10.2 Å². The second-order valence-electron chi connectivity index (χ2n) is 7.61. The van der Waals surface area contributed by atoms with Crippen LogP contribution in [-0.4, -0.2) is 26.8 Å². The Morgan fingerprint density at radius 1 is 0.941 bits per heavy atom. The number of para-hydroxylation sites is 1. The van der Waals surface area contributed by atoms with E-state index in [1.807, 2.05) is 60.7 Å². The maximum atomic E-state index is 13.8. The number of halogens is 1. The van der Waals surface area contributed by atoms with E-state index >= 15 is 0 Å². The third-order valence-corrected chi connectivity index (χ3v) is 5.82. The molecule has 3 aromatic carbocycles. The zero-order valence-corrected chi connectivity index (χ0v) is 19.5. The lowest BCUT2D eigenvalue weighted by atomic mass is 10.1. The monoisotopic (exact) mass is 477 g/mol. The van der Waals surface area contributed by atoms with Gasteiger partial charge in [-0.2, -0.15) is 0 Å². The average molecular weight is 478 g/mol. The highest BCUT2D eigenvalue weighted by atomic mass is 32.2. The van der Waals surface area contributed by atoms with Crippen molar-refractivity contribution < 1.29 is 18.3 Å². The zero-order valence-electron chi connectivity index (χ0n) is 18.6. The fourth-order valence-corrected chi connectivity index (χ4v) is 3.95. The van der Waals surface area contributed by atoms with Crippen molar-refractivity contribution in [2.45, 2.75) is 31.3 Å². The van der Waals surface area contributed by atoms with Gasteiger partial charge >= 0.3 is 0 Å². The van der Waals surface area contributed by atoms with Crippen molar-refractivity contribution in [2.24, 2.45) is 0 Å². The summed E-state index contributed by atoms with van der Waals surface area (Å²) < 4.78 is 25.1. The molecule has 6 nitrogen and oxygen atoms in total. The average Bonchev–Trinajstić information content (AvgIpc) is 3.34. The number of nitrogens with zero attached hydrogens (tertiary/aromatic N) is 3. The van der Waals surface area contributed by atoms with Crippen molar-refractivity contribution in [2.75, 3.05) is 5.75 Å². The summed E-state index contributed by atoms with van der Waals surface area (Å²) in [5.74, 6) is -0.0538. The second kappa shape index (κ2) is 11.5. The van der Waals surface area contributed by atoms with E-state index in [1.54, 1.807) is 24.0 Å². The van der Waals surface area contributed by atoms with E-state index in [2.05, 4.69) is 10.2 Å². The molecule has 0 fully saturated rings. The van der Waals surface area contributed by atoms with Gasteiger partial charge in [0.2, 0.25) is 5.91 Å². The summed E-state index contributed by atoms with van der Waals surface area (Å²) in [6.07, 6.45) is -0.637. The van der Waals surface area contributed by atoms with Crippen LogP contribution in [0.3, 0.4) is 0 Å². The van der Waals surface area contributed by atoms with E-state index < -0.39 is 11.9 Å². The fourth-order valence-electron chi connectivity index (χ4n) is 3.28. The number of amides is 1. The molecule has 1 unspecified atom stereocenters. The van der Waals surface area contributed by atoms with Crippen LogP contribution < -0.4 is 4.74 Å². The van der Waals surface area contributed by atoms with Crippen LogP contribution in [-0.2, 0) is 17.9 Å². The second-order valence-corrected chi connectivity index (χ2v) is 8.53. The molecule has 0 radical (unpaired) electrons. The van der Waals surface area contributed by atoms with Crippen LogP contribution in [0.2, 0.25) is 0 Å². The number of rotatable bonds is 10. The minimum absolute atomic E-state index is 0.0480. The van der Waals surface area contributed by atoms with E-state index in [4.69, 9.17) is 9.15 Å². The number of benzene rings is 3. The summed E-state index contributed by atoms with van der Waals surface area (Å²) in [7, 11) is 0. The van der Waals surface area contributed by atoms with Crippen molar-refractivity contribution in [1.29, 1.82) is 0 Å². The number of aromatic nitrogens is 2. The molecule has 0 aliphatic carbocycles. The predicted octanol–water partition coefficient (Wildman–Crippen LogP) is 5.67. The number of carbonyl (C=O) groups excluding carboxylic acids is 1. The summed E-state index contributed by atoms with van der Waals surface area (Å²) in [5.41, 5.74) is 2.10. The van der Waals surface area contributed by atoms with Crippen LogP contribution in [0, 0.1) is 5.82 Å². The molecule has 0 N–H and O–H groups in total. The Bertz CT molecular complexity index is 1160. The molecule has 1 aromatic heterocycles. The van der Waals surface area contributed by atoms with Crippen LogP contribution in [0.1, 0.15) is 30.0 Å². The van der Waals surface area contributed by atoms with Crippen LogP contribution in [0.5, 0.6) is 5.75 Å². The predicted molar refractivity (Wildman–Crippen MR) is 128 cm³/mol. The molecule has 0 bridgehead atoms. The highest BCUT2D eigenvalue weighted by Gasteiger charge is 2.20. The molecule has 0 aliphatic heterocycles. The van der Waals surface area contributed by atoms with Gasteiger partial charge in [0.05, 0.1) is 5.75 Å². The number of carbonyl (C=O) groups is 1. The smallest absolute Gasteiger partial charge is 0.277 e. The third kappa shape index (κ3) is 6.45. The first-order valence-corrected chi connectivity index (χ1v) is 11.8. The molecular weight excluding hydrogens is 453 g/mol. The lowest BCUT2D eigenvalue weighted by molar-refractivity contribution is -0.129. The first-order valence-electron chi connectivity index (χ1n) is 10.8. The molecule has 1 heterocycles. The third-order valence-electron chi connectivity index (χ3n) is 5.01. The topological polar surface area (TPSA) is 68.5 Å². The van der Waals surface area contributed by atoms with Gasteiger partial charge in [0, 0.05) is 13.1 Å². The Morgan fingerprint density at radius 2 is 1.53 bits per heavy atom. The Labute approximate surface area is 201 Å². The van der Waals surface area contributed by atoms with Crippen LogP contribution >= 0.6 is 11.8 Å². The lowest BCUT2D eigenvalue weighted by Crippen LogP contribution is -2.31. The van der Waals surface area contributed by atoms with Gasteiger partial charge in [-0.3, -0.25) is 4.79 Å². The first kappa shape index (κ1) is 23.5. The SMILES string of the molecule is CC(Oc1ccccc1F)c1nnc(SCC(=O)N(Cc2ccccc2)Cc2ccccc2)o1. The molecule has 174 valence electrons. The summed E-state index contributed by atoms with van der Waals surface area (Å²) in [4.78, 5) is 14.9. The minimum atomic E-state index is -0.637. The molecule has 4 rings (SSSR count). The van der Waals surface area contributed by atoms with Gasteiger partial charge < -0.3 is 14.1 Å². The minimum Gasteiger partial charge on any atom is -0.478 e. The molecule has 34 heavy (non-hydrogen) atoms. The Kier molecular flexibility index (Phi) is 7.93. The lowest BCUT2D eigenvalue weighted by Gasteiger charge is -2.23. The number of hydrogen-bond donors (Lipinski definition) is 0. The first-order chi connectivity index (χ1) is 16.6. The van der Waals surface area contributed by atoms with Gasteiger partial charge in [-0.25, -0.2) is 4.39 Å². The van der Waals surface area contributed by atoms with Gasteiger partial charge in [0.25, 0.3) is 11.1 Å². The summed E-state index contributed by atoms with van der Waals surface area (Å²) in [5, 5.41) is 8.25. The fraction of sp³-hybridized carbons (Fsp3) is 0.192. The Hall–Kier alpha value is -3.65. The van der Waals surface area contributed by atoms with Gasteiger partial charge in [-0.05, 0) is 30.2 Å². The summed E-state index contributed by atoms with van der Waals surface area (Å²) >= 11 is 1.16. The maximum Gasteiger partial charge on any atom is 0.277 e. The standard InChI is InChI=1S/C26H24FN3O3S/c1-19(32-23-15-9-8-14-22(23)27)25-28-29-26(33-25)34-18-24(31)30(16-20-10-4-2-5-11-20)17-21-12-6-3-7-13-21/h2-15,19H,16-18H2,1H3. The Balaban J connectivity index is 1.38. The van der Waals surface area contributed by atoms with E-state index in [0.717, 1.165) is 22.9 Å². The largest absolute Gasteiger partial charge is 0.478 e. The van der Waals surface area contributed by atoms with Crippen LogP contribution in [0.25, 0.3) is 0 Å². The van der Waals surface area contributed by atoms with E-state index in [-0.39, 0.29) is 28.5 Å². The zero-order chi connectivity index (χ0) is 23.8. The van der Waals surface area contributed by atoms with E-state index in [1.165, 1.54) is 12.1 Å². The molecule has 8 heteroatoms. The van der Waals surface area contributed by atoms with Crippen molar-refractivity contribution in [3.05, 3.63) is 108 Å². The van der Waals surface area contributed by atoms with Crippen molar-refractivity contribution in [1.82, 2.24) is 15.1 Å². The molecule has 1 atom stereocenters. The maximum absolute atomic E-state index is 13.8.